The minimum absolute atomic E-state index is 0.560. The molecular weight excluding hydrogens is 1780 g/mol. The van der Waals surface area contributed by atoms with Gasteiger partial charge in [0.1, 0.15) is 0 Å². The molecule has 25 rings (SSSR count). The van der Waals surface area contributed by atoms with Gasteiger partial charge in [-0.2, -0.15) is 0 Å². The molecule has 0 aromatic carbocycles. The first-order chi connectivity index (χ1) is 69.3. The van der Waals surface area contributed by atoms with Gasteiger partial charge in [0.25, 0.3) is 0 Å². The van der Waals surface area contributed by atoms with Crippen LogP contribution >= 0.6 is 0 Å². The van der Waals surface area contributed by atoms with Crippen LogP contribution in [0.2, 0.25) is 0 Å². The molecule has 25 aliphatic carbocycles. The van der Waals surface area contributed by atoms with Gasteiger partial charge in [-0.05, 0) is 630 Å². The zero-order valence-corrected chi connectivity index (χ0v) is 107. The predicted molar refractivity (Wildman–Crippen MR) is 639 cm³/mol. The van der Waals surface area contributed by atoms with E-state index in [2.05, 4.69) is 242 Å². The average Bonchev–Trinajstić information content (AvgIpc) is 1.08. The summed E-state index contributed by atoms with van der Waals surface area (Å²) >= 11 is 0. The number of rotatable bonds is 5. The molecule has 0 amide bonds. The lowest BCUT2D eigenvalue weighted by Crippen LogP contribution is -2.65. The molecule has 0 N–H and O–H groups in total. The highest BCUT2D eigenvalue weighted by molar-refractivity contribution is 5.25. The van der Waals surface area contributed by atoms with E-state index in [1.54, 1.807) is 116 Å². The van der Waals surface area contributed by atoms with Gasteiger partial charge >= 0.3 is 0 Å². The van der Waals surface area contributed by atoms with Crippen LogP contribution in [0.15, 0.2) is 0 Å². The van der Waals surface area contributed by atoms with Crippen molar-refractivity contribution in [2.45, 2.75) is 603 Å². The molecular formula is C148H258. The van der Waals surface area contributed by atoms with Crippen LogP contribution < -0.4 is 0 Å². The molecule has 0 spiro atoms. The zero-order chi connectivity index (χ0) is 107. The topological polar surface area (TPSA) is 0 Å². The van der Waals surface area contributed by atoms with Gasteiger partial charge in [0.05, 0.1) is 0 Å². The molecule has 0 aromatic rings. The van der Waals surface area contributed by atoms with Crippen molar-refractivity contribution < 1.29 is 0 Å². The van der Waals surface area contributed by atoms with Crippen molar-refractivity contribution in [1.82, 2.24) is 0 Å². The smallest absolute Gasteiger partial charge is 0.0235 e. The maximum absolute atomic E-state index is 2.81. The monoisotopic (exact) mass is 2040 g/mol. The van der Waals surface area contributed by atoms with E-state index < -0.39 is 0 Å². The summed E-state index contributed by atoms with van der Waals surface area (Å²) in [6.45, 7) is 96.8. The van der Waals surface area contributed by atoms with E-state index in [1.165, 1.54) is 231 Å². The van der Waals surface area contributed by atoms with Crippen molar-refractivity contribution in [3.63, 3.8) is 0 Å². The van der Waals surface area contributed by atoms with Crippen molar-refractivity contribution in [1.29, 1.82) is 0 Å². The molecule has 49 atom stereocenters. The zero-order valence-electron chi connectivity index (χ0n) is 107. The molecule has 148 heavy (non-hydrogen) atoms. The molecule has 0 heteroatoms. The van der Waals surface area contributed by atoms with Crippen molar-refractivity contribution in [3.05, 3.63) is 0 Å². The summed E-state index contributed by atoms with van der Waals surface area (Å²) in [6.07, 6.45) is 82.5. The Balaban J connectivity index is 0.000000112. The highest BCUT2D eigenvalue weighted by atomic mass is 14.8. The Hall–Kier alpha value is 0. The molecule has 0 heterocycles. The summed E-state index contributed by atoms with van der Waals surface area (Å²) in [7, 11) is 0. The molecule has 25 aliphatic rings. The molecule has 49 unspecified atom stereocenters. The number of hydrogen-bond acceptors (Lipinski definition) is 0. The summed E-state index contributed by atoms with van der Waals surface area (Å²) in [5, 5.41) is 0. The first kappa shape index (κ1) is 115. The van der Waals surface area contributed by atoms with Crippen LogP contribution in [0.25, 0.3) is 0 Å². The van der Waals surface area contributed by atoms with Crippen molar-refractivity contribution in [3.8, 4) is 0 Å². The van der Waals surface area contributed by atoms with Gasteiger partial charge in [0, 0.05) is 0 Å². The Morgan fingerprint density at radius 3 is 0.946 bits per heavy atom. The molecule has 0 saturated heterocycles. The highest BCUT2D eigenvalue weighted by Crippen LogP contribution is 2.84. The van der Waals surface area contributed by atoms with Crippen molar-refractivity contribution >= 4 is 0 Å². The van der Waals surface area contributed by atoms with Crippen LogP contribution in [0, 0.1) is 328 Å². The van der Waals surface area contributed by atoms with Gasteiger partial charge in [-0.3, -0.25) is 0 Å². The number of hydrogen-bond donors (Lipinski definition) is 0. The third-order valence-electron chi connectivity index (χ3n) is 63.8. The van der Waals surface area contributed by atoms with Crippen LogP contribution in [0.4, 0.5) is 0 Å². The summed E-state index contributed by atoms with van der Waals surface area (Å²) in [5.74, 6) is 39.3. The van der Waals surface area contributed by atoms with Crippen molar-refractivity contribution in [2.24, 2.45) is 328 Å². The van der Waals surface area contributed by atoms with E-state index in [9.17, 15) is 0 Å². The lowest BCUT2D eigenvalue weighted by atomic mass is 9.31. The van der Waals surface area contributed by atoms with E-state index in [0.29, 0.717) is 97.5 Å². The Morgan fingerprint density at radius 1 is 0.216 bits per heavy atom. The van der Waals surface area contributed by atoms with Crippen LogP contribution in [0.1, 0.15) is 603 Å². The van der Waals surface area contributed by atoms with Crippen LogP contribution in [-0.4, -0.2) is 0 Å². The summed E-state index contributed by atoms with van der Waals surface area (Å²) in [5.41, 5.74) is 10.9. The Bertz CT molecular complexity index is 4400. The first-order valence-corrected chi connectivity index (χ1v) is 69.3. The predicted octanol–water partition coefficient (Wildman–Crippen LogP) is 44.8. The third-order valence-corrected chi connectivity index (χ3v) is 63.8. The minimum atomic E-state index is 0.560. The second-order valence-corrected chi connectivity index (χ2v) is 72.4. The van der Waals surface area contributed by atoms with Crippen LogP contribution in [-0.2, 0) is 0 Å². The van der Waals surface area contributed by atoms with Gasteiger partial charge in [-0.25, -0.2) is 0 Å². The maximum Gasteiger partial charge on any atom is -0.0235 e. The minimum Gasteiger partial charge on any atom is -0.0683 e. The Labute approximate surface area is 924 Å². The van der Waals surface area contributed by atoms with E-state index in [-0.39, 0.29) is 0 Å². The van der Waals surface area contributed by atoms with Crippen molar-refractivity contribution in [2.75, 3.05) is 0 Å². The van der Waals surface area contributed by atoms with E-state index in [1.807, 2.05) is 13.8 Å². The first-order valence-electron chi connectivity index (χ1n) is 69.3. The average molecular weight is 2040 g/mol. The van der Waals surface area contributed by atoms with E-state index >= 15 is 0 Å². The SMILES string of the molecule is CC.CC1(C)CCC2(C)CCC3(C)C(CCC4C5(C)CCCC(C)(C)C5CCC43C)C2C1.CC1(C)CCCC2(C)C1CCC1(C)C2CCC2C3CCCC3(C)CCC21C.CC1CC2C(C(C)C)CCC3(C)CC4CC5C(C(C)C)CCC(C)C5CC4C(C1)C23.CC1CC2C(C(C)C)CCC3(C)CC4CC5C(C(C)C)CCC(C)C5CC4C(C1)C23.CCC1CCC2C3CCC4C5(C)CCCC(C)(C)C5CCC4(C)C3(C)CCC12C. The van der Waals surface area contributed by atoms with Crippen LogP contribution in [0.5, 0.6) is 0 Å². The molecule has 0 aromatic heterocycles. The maximum atomic E-state index is 2.81. The van der Waals surface area contributed by atoms with Gasteiger partial charge in [-0.1, -0.05) is 301 Å². The Morgan fingerprint density at radius 2 is 0.561 bits per heavy atom. The quantitative estimate of drug-likeness (QED) is 0.257. The largest absolute Gasteiger partial charge is 0.0683 e. The summed E-state index contributed by atoms with van der Waals surface area (Å²) < 4.78 is 0. The molecule has 0 bridgehead atoms. The molecule has 850 valence electrons. The van der Waals surface area contributed by atoms with Gasteiger partial charge in [0.15, 0.2) is 0 Å². The fourth-order valence-corrected chi connectivity index (χ4v) is 56.4. The summed E-state index contributed by atoms with van der Waals surface area (Å²) in [6, 6.07) is 0. The summed E-state index contributed by atoms with van der Waals surface area (Å²) in [4.78, 5) is 0. The molecule has 0 aliphatic heterocycles. The molecule has 0 nitrogen and oxygen atoms in total. The normalized spacial score (nSPS) is 56.5. The second-order valence-electron chi connectivity index (χ2n) is 72.4. The molecule has 25 saturated carbocycles. The van der Waals surface area contributed by atoms with Gasteiger partial charge < -0.3 is 0 Å². The lowest BCUT2D eigenvalue weighted by molar-refractivity contribution is -0.243. The fraction of sp³-hybridized carbons (Fsp3) is 1.00. The number of fused-ring (bicyclic) bond motifs is 27. The van der Waals surface area contributed by atoms with Gasteiger partial charge in [-0.15, -0.1) is 0 Å². The van der Waals surface area contributed by atoms with E-state index in [0.717, 1.165) is 231 Å². The van der Waals surface area contributed by atoms with Crippen LogP contribution in [0.3, 0.4) is 0 Å². The van der Waals surface area contributed by atoms with E-state index in [4.69, 9.17) is 0 Å². The lowest BCUT2D eigenvalue weighted by Gasteiger charge is -2.73. The van der Waals surface area contributed by atoms with Gasteiger partial charge in [0.2, 0.25) is 0 Å². The molecule has 25 fully saturated rings. The third kappa shape index (κ3) is 18.0. The second kappa shape index (κ2) is 40.3. The highest BCUT2D eigenvalue weighted by Gasteiger charge is 2.76. The fourth-order valence-electron chi connectivity index (χ4n) is 56.4. The Kier molecular flexibility index (Phi) is 31.2. The standard InChI is InChI=1S/3C30H52.C29H50.C27H46.C2H6/c1-25(2)16-17-27(5)18-19-29(7)21(22(27)20-25)10-11-24-28(6)14-9-13-26(3,4)23(28)12-15-30(24,29)8;2*1-17(2)22-9-8-20(6)24-15-25-21(14-26(22)24)16-30(7)11-10-23(18(3)4)27-12-19(5)13-28(25)29(27)30;1-8-20-10-11-21-22-12-13-24-27(5)16-9-15-25(2,3)23(27)14-17-29(24,7)28(22,6)19-18-26(20,21)4;1-23(2)13-8-15-25(4)21(23)12-16-27(6)22(25)11-10-20-19-9-7-14-24(19,3)17-18-26(20,27)5;1-2/h21-24H,9-20H2,1-8H3;2*17-29H,8-16H2,1-7H3;20-24H,8-19H2,1-7H3;19-22H,7-18H2,1-6H3;1-2H3. The molecule has 0 radical (unpaired) electrons.